The molecule has 0 N–H and O–H groups in total. The van der Waals surface area contributed by atoms with Crippen molar-refractivity contribution in [3.8, 4) is 0 Å². The molecule has 1 aliphatic heterocycles. The summed E-state index contributed by atoms with van der Waals surface area (Å²) in [5.41, 5.74) is -0.323. The second-order valence-corrected chi connectivity index (χ2v) is 9.58. The SMILES string of the molecule is CCOC(=O)Cn1ccnc(SC2=CC=CC[N-]2)c1=O.[Cl][Zn][Cl]. The van der Waals surface area contributed by atoms with Crippen LogP contribution < -0.4 is 5.56 Å². The standard InChI is InChI=1S/C13H14N3O3S.2ClH.Zn/c1-2-19-11(17)9-16-8-7-15-12(13(16)18)20-10-5-3-4-6-14-10;;;/h3-5,7-8H,2,6,9H2,1H3;2*1H;/q-1;;;+2/p-2. The number of carbonyl (C=O) groups is 1. The minimum absolute atomic E-state index is 0.112. The van der Waals surface area contributed by atoms with E-state index in [9.17, 15) is 9.59 Å². The number of nitrogens with zero attached hydrogens (tertiary/aromatic N) is 3. The quantitative estimate of drug-likeness (QED) is 0.532. The van der Waals surface area contributed by atoms with Crippen LogP contribution in [-0.4, -0.2) is 28.7 Å². The summed E-state index contributed by atoms with van der Waals surface area (Å²) in [7, 11) is 9.90. The fraction of sp³-hybridized carbons (Fsp3) is 0.308. The zero-order valence-corrected chi connectivity index (χ0v) is 17.7. The van der Waals surface area contributed by atoms with Crippen molar-refractivity contribution >= 4 is 37.1 Å². The van der Waals surface area contributed by atoms with Crippen molar-refractivity contribution in [2.75, 3.05) is 13.2 Å². The van der Waals surface area contributed by atoms with Crippen LogP contribution in [0.2, 0.25) is 0 Å². The van der Waals surface area contributed by atoms with Gasteiger partial charge in [0, 0.05) is 12.4 Å². The zero-order valence-electron chi connectivity index (χ0n) is 12.4. The van der Waals surface area contributed by atoms with Gasteiger partial charge in [-0.05, 0) is 6.92 Å². The molecule has 0 spiro atoms. The van der Waals surface area contributed by atoms with Gasteiger partial charge >= 0.3 is 40.5 Å². The van der Waals surface area contributed by atoms with Crippen LogP contribution in [-0.2, 0) is 31.2 Å². The Morgan fingerprint density at radius 1 is 1.57 bits per heavy atom. The molecule has 2 rings (SSSR count). The summed E-state index contributed by atoms with van der Waals surface area (Å²) < 4.78 is 6.11. The Morgan fingerprint density at radius 2 is 2.30 bits per heavy atom. The van der Waals surface area contributed by atoms with Crippen LogP contribution in [0.25, 0.3) is 5.32 Å². The molecule has 6 nitrogen and oxygen atoms in total. The van der Waals surface area contributed by atoms with E-state index in [4.69, 9.17) is 24.1 Å². The molecule has 10 heteroatoms. The second kappa shape index (κ2) is 11.7. The Labute approximate surface area is 154 Å². The first-order valence-electron chi connectivity index (χ1n) is 6.67. The first-order valence-corrected chi connectivity index (χ1v) is 15.3. The molecule has 0 saturated heterocycles. The van der Waals surface area contributed by atoms with E-state index in [-0.39, 0.29) is 12.1 Å². The van der Waals surface area contributed by atoms with E-state index in [1.807, 2.05) is 18.2 Å². The first-order chi connectivity index (χ1) is 11.1. The van der Waals surface area contributed by atoms with Crippen LogP contribution in [0.1, 0.15) is 6.92 Å². The molecule has 23 heavy (non-hydrogen) atoms. The number of halogens is 2. The van der Waals surface area contributed by atoms with Crippen LogP contribution >= 0.6 is 31.1 Å². The van der Waals surface area contributed by atoms with E-state index >= 15 is 0 Å². The number of thioether (sulfide) groups is 1. The van der Waals surface area contributed by atoms with Gasteiger partial charge in [-0.3, -0.25) is 9.59 Å². The van der Waals surface area contributed by atoms with Gasteiger partial charge in [0.1, 0.15) is 6.54 Å². The predicted molar refractivity (Wildman–Crippen MR) is 88.1 cm³/mol. The van der Waals surface area contributed by atoms with Crippen molar-refractivity contribution < 1.29 is 24.7 Å². The van der Waals surface area contributed by atoms with E-state index in [0.29, 0.717) is 18.2 Å². The molecule has 2 heterocycles. The van der Waals surface area contributed by atoms with Gasteiger partial charge in [0.2, 0.25) is 0 Å². The minimum atomic E-state index is -0.931. The predicted octanol–water partition coefficient (Wildman–Crippen LogP) is 3.06. The van der Waals surface area contributed by atoms with Crippen molar-refractivity contribution in [3.63, 3.8) is 0 Å². The number of carbonyl (C=O) groups excluding carboxylic acids is 1. The fourth-order valence-electron chi connectivity index (χ4n) is 1.54. The van der Waals surface area contributed by atoms with E-state index in [1.165, 1.54) is 28.7 Å². The molecular weight excluding hydrogens is 415 g/mol. The topological polar surface area (TPSA) is 75.3 Å². The van der Waals surface area contributed by atoms with E-state index in [2.05, 4.69) is 10.3 Å². The third-order valence-electron chi connectivity index (χ3n) is 2.42. The second-order valence-electron chi connectivity index (χ2n) is 3.95. The Bertz CT molecular complexity index is 637. The Hall–Kier alpha value is -0.817. The number of allylic oxidation sites excluding steroid dienone is 2. The van der Waals surface area contributed by atoms with Crippen molar-refractivity contribution in [2.45, 2.75) is 18.5 Å². The van der Waals surface area contributed by atoms with E-state index < -0.39 is 21.1 Å². The summed E-state index contributed by atoms with van der Waals surface area (Å²) in [4.78, 5) is 27.6. The number of hydrogen-bond donors (Lipinski definition) is 0. The number of esters is 1. The molecule has 0 aromatic carbocycles. The molecule has 1 aromatic heterocycles. The van der Waals surface area contributed by atoms with Gasteiger partial charge in [-0.2, -0.15) is 0 Å². The first kappa shape index (κ1) is 20.2. The van der Waals surface area contributed by atoms with Crippen molar-refractivity contribution in [2.24, 2.45) is 0 Å². The van der Waals surface area contributed by atoms with Gasteiger partial charge in [-0.1, -0.05) is 28.9 Å². The number of hydrogen-bond acceptors (Lipinski definition) is 5. The number of rotatable bonds is 5. The third kappa shape index (κ3) is 7.53. The maximum atomic E-state index is 12.2. The molecule has 1 aromatic rings. The van der Waals surface area contributed by atoms with Crippen molar-refractivity contribution in [3.05, 3.63) is 51.3 Å². The number of ether oxygens (including phenoxy) is 1. The van der Waals surface area contributed by atoms with Crippen molar-refractivity contribution in [1.29, 1.82) is 0 Å². The van der Waals surface area contributed by atoms with Gasteiger partial charge in [-0.15, -0.1) is 12.6 Å². The van der Waals surface area contributed by atoms with Gasteiger partial charge in [-0.25, -0.2) is 4.98 Å². The molecule has 122 valence electrons. The third-order valence-corrected chi connectivity index (χ3v) is 3.36. The average Bonchev–Trinajstić information content (AvgIpc) is 2.53. The monoisotopic (exact) mass is 426 g/mol. The van der Waals surface area contributed by atoms with E-state index in [0.717, 1.165) is 5.03 Å². The summed E-state index contributed by atoms with van der Waals surface area (Å²) in [6.45, 7) is 2.50. The Kier molecular flexibility index (Phi) is 10.3. The van der Waals surface area contributed by atoms with Gasteiger partial charge in [0.25, 0.3) is 5.56 Å². The normalized spacial score (nSPS) is 12.2. The van der Waals surface area contributed by atoms with Gasteiger partial charge in [0.15, 0.2) is 5.03 Å². The van der Waals surface area contributed by atoms with Crippen LogP contribution in [0.5, 0.6) is 0 Å². The van der Waals surface area contributed by atoms with Gasteiger partial charge in [0.05, 0.1) is 6.61 Å². The molecule has 0 radical (unpaired) electrons. The molecular formula is C13H14Cl2N3O3SZn-. The molecule has 0 amide bonds. The molecule has 1 aliphatic rings. The molecule has 0 atom stereocenters. The summed E-state index contributed by atoms with van der Waals surface area (Å²) in [5, 5.41) is 5.26. The van der Waals surface area contributed by atoms with Crippen LogP contribution in [0.4, 0.5) is 0 Å². The zero-order chi connectivity index (χ0) is 17.1. The van der Waals surface area contributed by atoms with Gasteiger partial charge < -0.3 is 14.6 Å². The molecule has 0 aliphatic carbocycles. The fourth-order valence-corrected chi connectivity index (χ4v) is 2.34. The summed E-state index contributed by atoms with van der Waals surface area (Å²) in [6.07, 6.45) is 8.58. The summed E-state index contributed by atoms with van der Waals surface area (Å²) >= 11 is 0.262. The molecule has 0 fully saturated rings. The summed E-state index contributed by atoms with van der Waals surface area (Å²) in [6, 6.07) is 0. The number of aromatic nitrogens is 2. The molecule has 0 saturated carbocycles. The average molecular weight is 429 g/mol. The van der Waals surface area contributed by atoms with E-state index in [1.54, 1.807) is 6.92 Å². The molecule has 0 unspecified atom stereocenters. The molecule has 0 bridgehead atoms. The summed E-state index contributed by atoms with van der Waals surface area (Å²) in [5.74, 6) is -0.443. The van der Waals surface area contributed by atoms with Crippen LogP contribution in [0.3, 0.4) is 0 Å². The van der Waals surface area contributed by atoms with Crippen LogP contribution in [0, 0.1) is 0 Å². The Morgan fingerprint density at radius 3 is 2.91 bits per heavy atom. The van der Waals surface area contributed by atoms with Crippen LogP contribution in [0.15, 0.2) is 45.5 Å². The maximum absolute atomic E-state index is 12.2. The van der Waals surface area contributed by atoms with Crippen molar-refractivity contribution in [1.82, 2.24) is 9.55 Å². The Balaban J connectivity index is 0.000000816.